The molecule has 0 saturated heterocycles. The molecule has 0 unspecified atom stereocenters. The highest BCUT2D eigenvalue weighted by Gasteiger charge is 2.17. The molecule has 39 heavy (non-hydrogen) atoms. The summed E-state index contributed by atoms with van der Waals surface area (Å²) in [4.78, 5) is 0. The summed E-state index contributed by atoms with van der Waals surface area (Å²) in [6.07, 6.45) is 0. The molecule has 1 heteroatoms. The van der Waals surface area contributed by atoms with Crippen molar-refractivity contribution in [1.82, 2.24) is 0 Å². The van der Waals surface area contributed by atoms with Gasteiger partial charge in [0.15, 0.2) is 0 Å². The van der Waals surface area contributed by atoms with E-state index in [4.69, 9.17) is 4.42 Å². The van der Waals surface area contributed by atoms with E-state index in [-0.39, 0.29) is 5.41 Å². The van der Waals surface area contributed by atoms with Crippen LogP contribution >= 0.6 is 0 Å². The molecule has 0 N–H and O–H groups in total. The smallest absolute Gasteiger partial charge is 0.136 e. The molecule has 8 aromatic rings. The summed E-state index contributed by atoms with van der Waals surface area (Å²) in [6.45, 7) is 6.80. The Labute approximate surface area is 227 Å². The fraction of sp³-hybridized carbons (Fsp3) is 0.105. The number of hydrogen-bond donors (Lipinski definition) is 0. The highest BCUT2D eigenvalue weighted by molar-refractivity contribution is 6.27. The lowest BCUT2D eigenvalue weighted by Gasteiger charge is -2.20. The van der Waals surface area contributed by atoms with Crippen molar-refractivity contribution in [2.24, 2.45) is 0 Å². The zero-order chi connectivity index (χ0) is 26.3. The molecule has 0 fully saturated rings. The fourth-order valence-corrected chi connectivity index (χ4v) is 6.35. The molecule has 1 aromatic heterocycles. The van der Waals surface area contributed by atoms with Crippen LogP contribution in [0, 0.1) is 0 Å². The third-order valence-corrected chi connectivity index (χ3v) is 8.42. The zero-order valence-corrected chi connectivity index (χ0v) is 22.4. The van der Waals surface area contributed by atoms with Gasteiger partial charge in [-0.15, -0.1) is 0 Å². The first-order valence-electron chi connectivity index (χ1n) is 13.7. The van der Waals surface area contributed by atoms with Crippen LogP contribution in [0.15, 0.2) is 120 Å². The van der Waals surface area contributed by atoms with Crippen LogP contribution in [0.2, 0.25) is 0 Å². The Balaban J connectivity index is 1.35. The second-order valence-electron chi connectivity index (χ2n) is 11.8. The van der Waals surface area contributed by atoms with E-state index in [0.717, 1.165) is 21.9 Å². The van der Waals surface area contributed by atoms with Crippen molar-refractivity contribution >= 4 is 54.3 Å². The Bertz CT molecular complexity index is 2190. The van der Waals surface area contributed by atoms with Crippen molar-refractivity contribution < 1.29 is 4.42 Å². The molecule has 1 heterocycles. The van der Waals surface area contributed by atoms with Crippen molar-refractivity contribution in [3.05, 3.63) is 121 Å². The van der Waals surface area contributed by atoms with Gasteiger partial charge in [-0.2, -0.15) is 0 Å². The van der Waals surface area contributed by atoms with Crippen molar-refractivity contribution in [1.29, 1.82) is 0 Å². The molecule has 0 amide bonds. The summed E-state index contributed by atoms with van der Waals surface area (Å²) in [5, 5.41) is 10.1. The van der Waals surface area contributed by atoms with E-state index in [1.165, 1.54) is 60.1 Å². The van der Waals surface area contributed by atoms with Gasteiger partial charge in [0.25, 0.3) is 0 Å². The van der Waals surface area contributed by atoms with Crippen molar-refractivity contribution in [2.45, 2.75) is 26.2 Å². The third-order valence-electron chi connectivity index (χ3n) is 8.42. The Hall–Kier alpha value is -4.62. The molecule has 8 rings (SSSR count). The minimum Gasteiger partial charge on any atom is -0.456 e. The van der Waals surface area contributed by atoms with E-state index in [1.54, 1.807) is 0 Å². The Morgan fingerprint density at radius 3 is 1.67 bits per heavy atom. The van der Waals surface area contributed by atoms with Gasteiger partial charge in [-0.1, -0.05) is 118 Å². The number of hydrogen-bond acceptors (Lipinski definition) is 1. The molecular weight excluding hydrogens is 472 g/mol. The van der Waals surface area contributed by atoms with Gasteiger partial charge in [-0.05, 0) is 83.7 Å². The highest BCUT2D eigenvalue weighted by atomic mass is 16.3. The number of fused-ring (bicyclic) bond motifs is 3. The van der Waals surface area contributed by atoms with Crippen molar-refractivity contribution in [3.8, 4) is 22.3 Å². The van der Waals surface area contributed by atoms with Crippen LogP contribution in [-0.2, 0) is 5.41 Å². The summed E-state index contributed by atoms with van der Waals surface area (Å²) < 4.78 is 6.23. The van der Waals surface area contributed by atoms with Crippen LogP contribution in [0.1, 0.15) is 26.3 Å². The quantitative estimate of drug-likeness (QED) is 0.215. The normalized spacial score (nSPS) is 12.5. The number of benzene rings is 7. The maximum Gasteiger partial charge on any atom is 0.136 e. The van der Waals surface area contributed by atoms with Crippen LogP contribution in [-0.4, -0.2) is 0 Å². The van der Waals surface area contributed by atoms with E-state index in [1.807, 2.05) is 12.1 Å². The summed E-state index contributed by atoms with van der Waals surface area (Å²) in [5.74, 6) is 0. The van der Waals surface area contributed by atoms with Gasteiger partial charge in [-0.25, -0.2) is 0 Å². The molecule has 0 bridgehead atoms. The summed E-state index contributed by atoms with van der Waals surface area (Å²) in [7, 11) is 0. The van der Waals surface area contributed by atoms with Gasteiger partial charge < -0.3 is 4.42 Å². The van der Waals surface area contributed by atoms with E-state index < -0.39 is 0 Å². The maximum absolute atomic E-state index is 6.23. The summed E-state index contributed by atoms with van der Waals surface area (Å²) >= 11 is 0. The molecule has 186 valence electrons. The molecule has 0 atom stereocenters. The fourth-order valence-electron chi connectivity index (χ4n) is 6.35. The van der Waals surface area contributed by atoms with Gasteiger partial charge in [0, 0.05) is 10.8 Å². The number of rotatable bonds is 2. The monoisotopic (exact) mass is 500 g/mol. The molecule has 0 spiro atoms. The summed E-state index contributed by atoms with van der Waals surface area (Å²) in [5.41, 5.74) is 8.32. The molecular formula is C38H28O. The first-order valence-corrected chi connectivity index (χ1v) is 13.7. The predicted molar refractivity (Wildman–Crippen MR) is 167 cm³/mol. The average Bonchev–Trinajstić information content (AvgIpc) is 3.33. The van der Waals surface area contributed by atoms with E-state index in [2.05, 4.69) is 124 Å². The lowest BCUT2D eigenvalue weighted by molar-refractivity contribution is 0.590. The largest absolute Gasteiger partial charge is 0.456 e. The van der Waals surface area contributed by atoms with Crippen molar-refractivity contribution in [3.63, 3.8) is 0 Å². The van der Waals surface area contributed by atoms with Crippen LogP contribution in [0.25, 0.3) is 76.5 Å². The Morgan fingerprint density at radius 1 is 0.462 bits per heavy atom. The Morgan fingerprint density at radius 2 is 1.00 bits per heavy atom. The SMILES string of the molecule is CC(C)(C)c1ccc(-c2ccc3ccc4c(-c5ccc6c(c5)oc5ccccc56)ccc5ccc2c3c54)cc1. The first kappa shape index (κ1) is 22.4. The van der Waals surface area contributed by atoms with Gasteiger partial charge in [0.05, 0.1) is 0 Å². The minimum absolute atomic E-state index is 0.142. The third kappa shape index (κ3) is 3.33. The number of para-hydroxylation sites is 1. The van der Waals surface area contributed by atoms with Crippen LogP contribution in [0.3, 0.4) is 0 Å². The molecule has 1 nitrogen and oxygen atoms in total. The zero-order valence-electron chi connectivity index (χ0n) is 22.4. The molecule has 0 radical (unpaired) electrons. The van der Waals surface area contributed by atoms with Gasteiger partial charge in [-0.3, -0.25) is 0 Å². The summed E-state index contributed by atoms with van der Waals surface area (Å²) in [6, 6.07) is 42.3. The second-order valence-corrected chi connectivity index (χ2v) is 11.8. The van der Waals surface area contributed by atoms with Crippen LogP contribution < -0.4 is 0 Å². The van der Waals surface area contributed by atoms with Crippen molar-refractivity contribution in [2.75, 3.05) is 0 Å². The van der Waals surface area contributed by atoms with E-state index >= 15 is 0 Å². The molecule has 0 aliphatic heterocycles. The standard InChI is InChI=1S/C38H28O/c1-38(2,3)27-15-8-23(9-16-27)28-17-10-24-13-21-33-29(18-11-25-12-20-32(28)36(24)37(25)33)26-14-19-31-30-6-4-5-7-34(30)39-35(31)22-26/h4-22H,1-3H3. The number of furan rings is 1. The first-order chi connectivity index (χ1) is 19.0. The van der Waals surface area contributed by atoms with Crippen LogP contribution in [0.4, 0.5) is 0 Å². The van der Waals surface area contributed by atoms with E-state index in [0.29, 0.717) is 0 Å². The molecule has 0 aliphatic carbocycles. The molecule has 0 saturated carbocycles. The molecule has 7 aromatic carbocycles. The van der Waals surface area contributed by atoms with Crippen LogP contribution in [0.5, 0.6) is 0 Å². The molecule has 0 aliphatic rings. The topological polar surface area (TPSA) is 13.1 Å². The minimum atomic E-state index is 0.142. The lowest BCUT2D eigenvalue weighted by atomic mass is 9.85. The average molecular weight is 501 g/mol. The van der Waals surface area contributed by atoms with Gasteiger partial charge >= 0.3 is 0 Å². The predicted octanol–water partition coefficient (Wildman–Crippen LogP) is 11.1. The maximum atomic E-state index is 6.23. The second kappa shape index (κ2) is 7.94. The van der Waals surface area contributed by atoms with Gasteiger partial charge in [0.1, 0.15) is 11.2 Å². The lowest BCUT2D eigenvalue weighted by Crippen LogP contribution is -2.10. The highest BCUT2D eigenvalue weighted by Crippen LogP contribution is 2.43. The van der Waals surface area contributed by atoms with Gasteiger partial charge in [0.2, 0.25) is 0 Å². The Kier molecular flexibility index (Phi) is 4.56. The van der Waals surface area contributed by atoms with E-state index in [9.17, 15) is 0 Å².